The molecule has 142 valence electrons. The number of nitrogens with zero attached hydrogens (tertiary/aromatic N) is 1. The zero-order valence-corrected chi connectivity index (χ0v) is 16.4. The number of carbonyl (C=O) groups excluding carboxylic acids is 1. The second-order valence-corrected chi connectivity index (χ2v) is 8.62. The van der Waals surface area contributed by atoms with Gasteiger partial charge in [0.1, 0.15) is 5.60 Å². The topological polar surface area (TPSA) is 62.9 Å². The van der Waals surface area contributed by atoms with E-state index in [1.54, 1.807) is 37.3 Å². The van der Waals surface area contributed by atoms with Crippen molar-refractivity contribution >= 4 is 17.2 Å². The number of furan rings is 1. The molecule has 1 fully saturated rings. The lowest BCUT2D eigenvalue weighted by Crippen LogP contribution is -2.48. The van der Waals surface area contributed by atoms with Crippen molar-refractivity contribution in [2.45, 2.75) is 44.3 Å². The Kier molecular flexibility index (Phi) is 4.63. The summed E-state index contributed by atoms with van der Waals surface area (Å²) in [6, 6.07) is 5.49. The highest BCUT2D eigenvalue weighted by Crippen LogP contribution is 2.43. The largest absolute Gasteiger partial charge is 0.443 e. The second-order valence-electron chi connectivity index (χ2n) is 7.62. The molecule has 1 amide bonds. The summed E-state index contributed by atoms with van der Waals surface area (Å²) in [7, 11) is 0. The molecule has 0 unspecified atom stereocenters. The molecule has 1 N–H and O–H groups in total. The van der Waals surface area contributed by atoms with Gasteiger partial charge in [-0.15, -0.1) is 11.3 Å². The number of amides is 1. The number of piperidine rings is 1. The average molecular weight is 385 g/mol. The highest BCUT2D eigenvalue weighted by Gasteiger charge is 2.42. The number of rotatable bonds is 1. The first-order valence-corrected chi connectivity index (χ1v) is 10.1. The van der Waals surface area contributed by atoms with Crippen LogP contribution in [-0.2, 0) is 16.8 Å². The van der Waals surface area contributed by atoms with Gasteiger partial charge in [0.25, 0.3) is 5.91 Å². The molecule has 0 aliphatic carbocycles. The van der Waals surface area contributed by atoms with Crippen LogP contribution in [0.2, 0.25) is 0 Å². The van der Waals surface area contributed by atoms with E-state index in [4.69, 9.17) is 9.15 Å². The molecule has 0 radical (unpaired) electrons. The highest BCUT2D eigenvalue weighted by atomic mass is 32.1. The summed E-state index contributed by atoms with van der Waals surface area (Å²) in [5.41, 5.74) is -0.0248. The van der Waals surface area contributed by atoms with Gasteiger partial charge >= 0.3 is 0 Å². The highest BCUT2D eigenvalue weighted by molar-refractivity contribution is 7.10. The number of ether oxygens (including phenoxy) is 1. The Morgan fingerprint density at radius 1 is 1.30 bits per heavy atom. The lowest BCUT2D eigenvalue weighted by molar-refractivity contribution is -0.0928. The summed E-state index contributed by atoms with van der Waals surface area (Å²) in [5, 5.41) is 11.8. The van der Waals surface area contributed by atoms with E-state index in [1.165, 1.54) is 10.4 Å². The van der Waals surface area contributed by atoms with Crippen molar-refractivity contribution in [3.63, 3.8) is 0 Å². The Labute approximate surface area is 162 Å². The minimum atomic E-state index is -1.10. The van der Waals surface area contributed by atoms with E-state index in [0.29, 0.717) is 18.8 Å². The maximum Gasteiger partial charge on any atom is 0.289 e. The fourth-order valence-electron chi connectivity index (χ4n) is 3.73. The van der Waals surface area contributed by atoms with Crippen molar-refractivity contribution in [2.24, 2.45) is 0 Å². The van der Waals surface area contributed by atoms with Gasteiger partial charge in [-0.25, -0.2) is 0 Å². The summed E-state index contributed by atoms with van der Waals surface area (Å²) < 4.78 is 11.8. The number of thiophene rings is 1. The second kappa shape index (κ2) is 6.83. The average Bonchev–Trinajstić information content (AvgIpc) is 3.30. The molecule has 6 heteroatoms. The maximum atomic E-state index is 12.8. The Bertz CT molecular complexity index is 900. The first kappa shape index (κ1) is 18.3. The van der Waals surface area contributed by atoms with E-state index in [0.717, 1.165) is 25.9 Å². The summed E-state index contributed by atoms with van der Waals surface area (Å²) >= 11 is 1.80. The van der Waals surface area contributed by atoms with Crippen LogP contribution in [0, 0.1) is 11.8 Å². The van der Waals surface area contributed by atoms with Crippen molar-refractivity contribution in [1.29, 1.82) is 0 Å². The lowest BCUT2D eigenvalue weighted by Gasteiger charge is -2.43. The van der Waals surface area contributed by atoms with Crippen LogP contribution in [0.25, 0.3) is 0 Å². The molecule has 27 heavy (non-hydrogen) atoms. The van der Waals surface area contributed by atoms with Crippen LogP contribution >= 0.6 is 11.3 Å². The van der Waals surface area contributed by atoms with E-state index in [2.05, 4.69) is 23.3 Å². The minimum absolute atomic E-state index is 0.123. The number of fused-ring (bicyclic) bond motifs is 2. The molecule has 5 nitrogen and oxygen atoms in total. The van der Waals surface area contributed by atoms with Crippen LogP contribution in [0.5, 0.6) is 0 Å². The molecule has 2 aromatic rings. The normalized spacial score (nSPS) is 18.7. The van der Waals surface area contributed by atoms with Crippen molar-refractivity contribution in [2.75, 3.05) is 19.7 Å². The summed E-state index contributed by atoms with van der Waals surface area (Å²) in [6.45, 7) is 5.23. The monoisotopic (exact) mass is 385 g/mol. The fourth-order valence-corrected chi connectivity index (χ4v) is 4.68. The number of likely N-dealkylation sites (tertiary alicyclic amines) is 1. The quantitative estimate of drug-likeness (QED) is 0.766. The van der Waals surface area contributed by atoms with Gasteiger partial charge in [0.05, 0.1) is 12.2 Å². The van der Waals surface area contributed by atoms with Gasteiger partial charge in [0, 0.05) is 24.4 Å². The third-order valence-corrected chi connectivity index (χ3v) is 6.09. The Morgan fingerprint density at radius 2 is 2.07 bits per heavy atom. The van der Waals surface area contributed by atoms with Crippen molar-refractivity contribution in [3.05, 3.63) is 45.5 Å². The van der Waals surface area contributed by atoms with E-state index in [-0.39, 0.29) is 17.3 Å². The molecule has 4 rings (SSSR count). The zero-order valence-electron chi connectivity index (χ0n) is 15.6. The summed E-state index contributed by atoms with van der Waals surface area (Å²) in [4.78, 5) is 16.0. The number of hydrogen-bond acceptors (Lipinski definition) is 5. The first-order chi connectivity index (χ1) is 12.9. The molecule has 4 heterocycles. The van der Waals surface area contributed by atoms with Gasteiger partial charge in [-0.2, -0.15) is 0 Å². The van der Waals surface area contributed by atoms with Gasteiger partial charge in [-0.05, 0) is 61.8 Å². The van der Waals surface area contributed by atoms with Gasteiger partial charge in [0.2, 0.25) is 0 Å². The third kappa shape index (κ3) is 3.68. The van der Waals surface area contributed by atoms with E-state index in [9.17, 15) is 9.90 Å². The van der Waals surface area contributed by atoms with Crippen LogP contribution < -0.4 is 0 Å². The van der Waals surface area contributed by atoms with Crippen LogP contribution in [0.1, 0.15) is 53.4 Å². The molecule has 0 aromatic carbocycles. The van der Waals surface area contributed by atoms with Crippen LogP contribution in [0.3, 0.4) is 0 Å². The van der Waals surface area contributed by atoms with E-state index < -0.39 is 5.60 Å². The number of hydrogen-bond donors (Lipinski definition) is 1. The first-order valence-electron chi connectivity index (χ1n) is 9.22. The van der Waals surface area contributed by atoms with Gasteiger partial charge in [-0.1, -0.05) is 5.92 Å². The zero-order chi connectivity index (χ0) is 19.1. The smallest absolute Gasteiger partial charge is 0.289 e. The van der Waals surface area contributed by atoms with Crippen LogP contribution in [0.15, 0.2) is 28.0 Å². The molecule has 0 bridgehead atoms. The Hall–Kier alpha value is -2.07. The standard InChI is InChI=1S/C21H23NO4S/c1-20(2,24)8-5-15-3-4-17(26-15)19(23)22-11-9-21(10-12-22)16-7-14-27-18(16)6-13-25-21/h3-4,7,14,24H,6,9-13H2,1-2H3. The predicted molar refractivity (Wildman–Crippen MR) is 103 cm³/mol. The van der Waals surface area contributed by atoms with Crippen molar-refractivity contribution in [3.8, 4) is 11.8 Å². The maximum absolute atomic E-state index is 12.8. The molecular weight excluding hydrogens is 362 g/mol. The van der Waals surface area contributed by atoms with E-state index in [1.807, 2.05) is 4.90 Å². The minimum Gasteiger partial charge on any atom is -0.443 e. The predicted octanol–water partition coefficient (Wildman–Crippen LogP) is 3.17. The molecule has 2 aliphatic heterocycles. The fraction of sp³-hybridized carbons (Fsp3) is 0.476. The molecule has 0 atom stereocenters. The molecular formula is C21H23NO4S. The molecule has 1 spiro atoms. The molecule has 2 aliphatic rings. The number of aliphatic hydroxyl groups is 1. The van der Waals surface area contributed by atoms with Crippen molar-refractivity contribution < 1.29 is 19.1 Å². The third-order valence-electron chi connectivity index (χ3n) is 5.11. The van der Waals surface area contributed by atoms with Gasteiger partial charge in [-0.3, -0.25) is 4.79 Å². The Balaban J connectivity index is 1.44. The summed E-state index contributed by atoms with van der Waals surface area (Å²) in [5.74, 6) is 5.99. The van der Waals surface area contributed by atoms with Crippen molar-refractivity contribution in [1.82, 2.24) is 4.90 Å². The van der Waals surface area contributed by atoms with Crippen LogP contribution in [0.4, 0.5) is 0 Å². The number of carbonyl (C=O) groups is 1. The lowest BCUT2D eigenvalue weighted by atomic mass is 9.82. The summed E-state index contributed by atoms with van der Waals surface area (Å²) in [6.07, 6.45) is 2.58. The molecule has 2 aromatic heterocycles. The van der Waals surface area contributed by atoms with E-state index >= 15 is 0 Å². The van der Waals surface area contributed by atoms with Gasteiger partial charge in [0.15, 0.2) is 11.5 Å². The molecule has 1 saturated heterocycles. The Morgan fingerprint density at radius 3 is 2.81 bits per heavy atom. The molecule has 0 saturated carbocycles. The van der Waals surface area contributed by atoms with Gasteiger partial charge < -0.3 is 19.2 Å². The van der Waals surface area contributed by atoms with Crippen LogP contribution in [-0.4, -0.2) is 41.2 Å². The SMILES string of the molecule is CC(C)(O)C#Cc1ccc(C(=O)N2CCC3(CC2)OCCc2sccc23)o1.